The van der Waals surface area contributed by atoms with E-state index in [1.165, 1.54) is 27.5 Å². The minimum atomic E-state index is -4.58. The second-order valence-electron chi connectivity index (χ2n) is 7.41. The monoisotopic (exact) mass is 552 g/mol. The van der Waals surface area contributed by atoms with Gasteiger partial charge in [-0.15, -0.1) is 0 Å². The van der Waals surface area contributed by atoms with Crippen molar-refractivity contribution in [2.45, 2.75) is 6.18 Å². The molecule has 3 aromatic rings. The average molecular weight is 553 g/mol. The van der Waals surface area contributed by atoms with Crippen LogP contribution in [0.25, 0.3) is 12.2 Å². The van der Waals surface area contributed by atoms with Crippen LogP contribution >= 0.6 is 23.2 Å². The zero-order chi connectivity index (χ0) is 27.2. The van der Waals surface area contributed by atoms with E-state index in [0.717, 1.165) is 18.2 Å². The molecule has 194 valence electrons. The Hall–Kier alpha value is -3.69. The van der Waals surface area contributed by atoms with E-state index in [4.69, 9.17) is 37.4 Å². The number of carbonyl (C=O) groups excluding carboxylic acids is 1. The van der Waals surface area contributed by atoms with Crippen molar-refractivity contribution in [2.24, 2.45) is 5.10 Å². The molecule has 1 amide bonds. The number of carbonyl (C=O) groups is 1. The number of benzene rings is 3. The van der Waals surface area contributed by atoms with Crippen LogP contribution in [0, 0.1) is 0 Å². The highest BCUT2D eigenvalue weighted by Crippen LogP contribution is 2.33. The molecular weight excluding hydrogens is 532 g/mol. The first-order valence-electron chi connectivity index (χ1n) is 10.6. The number of hydrogen-bond donors (Lipinski definition) is 1. The zero-order valence-corrected chi connectivity index (χ0v) is 21.3. The van der Waals surface area contributed by atoms with E-state index in [1.54, 1.807) is 42.5 Å². The van der Waals surface area contributed by atoms with E-state index in [2.05, 4.69) is 10.5 Å². The molecule has 0 saturated carbocycles. The molecule has 0 bridgehead atoms. The summed E-state index contributed by atoms with van der Waals surface area (Å²) in [5.74, 6) is -0.133. The van der Waals surface area contributed by atoms with Crippen molar-refractivity contribution in [3.63, 3.8) is 0 Å². The lowest BCUT2D eigenvalue weighted by atomic mass is 10.0. The maximum atomic E-state index is 13.0. The lowest BCUT2D eigenvalue weighted by Crippen LogP contribution is -2.19. The summed E-state index contributed by atoms with van der Waals surface area (Å²) in [5, 5.41) is 4.87. The smallest absolute Gasteiger partial charge is 0.416 e. The zero-order valence-electron chi connectivity index (χ0n) is 19.8. The first-order chi connectivity index (χ1) is 17.6. The van der Waals surface area contributed by atoms with Crippen molar-refractivity contribution in [3.05, 3.63) is 86.4 Å². The van der Waals surface area contributed by atoms with E-state index < -0.39 is 17.6 Å². The van der Waals surface area contributed by atoms with Crippen molar-refractivity contribution in [2.75, 3.05) is 21.3 Å². The number of hydrogen-bond acceptors (Lipinski definition) is 5. The van der Waals surface area contributed by atoms with Gasteiger partial charge >= 0.3 is 6.18 Å². The predicted molar refractivity (Wildman–Crippen MR) is 138 cm³/mol. The summed E-state index contributed by atoms with van der Waals surface area (Å²) >= 11 is 12.5. The molecule has 0 spiro atoms. The average Bonchev–Trinajstić information content (AvgIpc) is 2.87. The van der Waals surface area contributed by atoms with Crippen LogP contribution in [-0.4, -0.2) is 33.5 Å². The van der Waals surface area contributed by atoms with Gasteiger partial charge in [0.15, 0.2) is 0 Å². The Kier molecular flexibility index (Phi) is 9.07. The standard InChI is InChI=1S/C26H21Cl2F3N2O4/c1-35-17-11-15(7-9-18-21(27)5-4-6-22(18)28)20(24(13-17)37-3)14-32-33-25(34)19-10-8-16(26(29,30)31)12-23(19)36-2/h4-14H,1-3H3,(H,33,34)/b9-7+,32-14+. The Morgan fingerprint density at radius 3 is 2.16 bits per heavy atom. The predicted octanol–water partition coefficient (Wildman–Crippen LogP) is 6.97. The summed E-state index contributed by atoms with van der Waals surface area (Å²) < 4.78 is 54.7. The number of nitrogens with zero attached hydrogens (tertiary/aromatic N) is 1. The van der Waals surface area contributed by atoms with Crippen molar-refractivity contribution in [1.82, 2.24) is 5.43 Å². The Bertz CT molecular complexity index is 1340. The Balaban J connectivity index is 1.93. The highest BCUT2D eigenvalue weighted by Gasteiger charge is 2.31. The Morgan fingerprint density at radius 1 is 0.892 bits per heavy atom. The molecule has 0 aliphatic heterocycles. The van der Waals surface area contributed by atoms with Crippen LogP contribution < -0.4 is 19.6 Å². The van der Waals surface area contributed by atoms with Crippen molar-refractivity contribution in [3.8, 4) is 17.2 Å². The van der Waals surface area contributed by atoms with Crippen molar-refractivity contribution >= 4 is 47.5 Å². The van der Waals surface area contributed by atoms with Crippen LogP contribution in [0.2, 0.25) is 10.0 Å². The van der Waals surface area contributed by atoms with Crippen molar-refractivity contribution < 1.29 is 32.2 Å². The number of halogens is 5. The van der Waals surface area contributed by atoms with Gasteiger partial charge < -0.3 is 14.2 Å². The lowest BCUT2D eigenvalue weighted by molar-refractivity contribution is -0.137. The van der Waals surface area contributed by atoms with Gasteiger partial charge in [-0.05, 0) is 42.0 Å². The molecule has 3 aromatic carbocycles. The fourth-order valence-electron chi connectivity index (χ4n) is 3.30. The van der Waals surface area contributed by atoms with Gasteiger partial charge in [0.05, 0.1) is 38.7 Å². The Morgan fingerprint density at radius 2 is 1.57 bits per heavy atom. The molecule has 0 aromatic heterocycles. The second-order valence-corrected chi connectivity index (χ2v) is 8.23. The third-order valence-corrected chi connectivity index (χ3v) is 5.82. The number of ether oxygens (including phenoxy) is 3. The van der Waals surface area contributed by atoms with Crippen LogP contribution in [0.4, 0.5) is 13.2 Å². The SMILES string of the molecule is COc1cc(/C=C/c2c(Cl)cccc2Cl)c(/C=N/NC(=O)c2ccc(C(F)(F)F)cc2OC)c(OC)c1. The molecule has 0 heterocycles. The molecule has 3 rings (SSSR count). The number of nitrogens with one attached hydrogen (secondary N) is 1. The molecule has 1 N–H and O–H groups in total. The number of amides is 1. The van der Waals surface area contributed by atoms with E-state index in [1.807, 2.05) is 0 Å². The third-order valence-electron chi connectivity index (χ3n) is 5.17. The van der Waals surface area contributed by atoms with Gasteiger partial charge in [0, 0.05) is 27.2 Å². The summed E-state index contributed by atoms with van der Waals surface area (Å²) in [6, 6.07) is 11.0. The highest BCUT2D eigenvalue weighted by atomic mass is 35.5. The minimum Gasteiger partial charge on any atom is -0.497 e. The number of rotatable bonds is 8. The molecule has 0 fully saturated rings. The van der Waals surface area contributed by atoms with Gasteiger partial charge in [0.1, 0.15) is 17.2 Å². The van der Waals surface area contributed by atoms with Gasteiger partial charge in [-0.3, -0.25) is 4.79 Å². The number of alkyl halides is 3. The highest BCUT2D eigenvalue weighted by molar-refractivity contribution is 6.37. The fourth-order valence-corrected chi connectivity index (χ4v) is 3.82. The molecular formula is C26H21Cl2F3N2O4. The van der Waals surface area contributed by atoms with Crippen LogP contribution in [0.3, 0.4) is 0 Å². The maximum Gasteiger partial charge on any atom is 0.416 e. The molecule has 6 nitrogen and oxygen atoms in total. The van der Waals surface area contributed by atoms with Crippen molar-refractivity contribution in [1.29, 1.82) is 0 Å². The molecule has 0 atom stereocenters. The molecule has 0 radical (unpaired) electrons. The van der Waals surface area contributed by atoms with Gasteiger partial charge in [-0.2, -0.15) is 18.3 Å². The maximum absolute atomic E-state index is 13.0. The van der Waals surface area contributed by atoms with Crippen LogP contribution in [0.15, 0.2) is 53.6 Å². The minimum absolute atomic E-state index is 0.122. The topological polar surface area (TPSA) is 69.2 Å². The van der Waals surface area contributed by atoms with Gasteiger partial charge in [-0.25, -0.2) is 5.43 Å². The quantitative estimate of drug-likeness (QED) is 0.186. The van der Waals surface area contributed by atoms with Crippen LogP contribution in [0.5, 0.6) is 17.2 Å². The van der Waals surface area contributed by atoms with Crippen LogP contribution in [-0.2, 0) is 6.18 Å². The summed E-state index contributed by atoms with van der Waals surface area (Å²) in [5.41, 5.74) is 2.90. The van der Waals surface area contributed by atoms with Gasteiger partial charge in [0.2, 0.25) is 0 Å². The molecule has 11 heteroatoms. The summed E-state index contributed by atoms with van der Waals surface area (Å²) in [6.07, 6.45) is 0.187. The lowest BCUT2D eigenvalue weighted by Gasteiger charge is -2.12. The molecule has 0 saturated heterocycles. The molecule has 0 aliphatic rings. The first kappa shape index (κ1) is 27.9. The van der Waals surface area contributed by atoms with E-state index >= 15 is 0 Å². The summed E-state index contributed by atoms with van der Waals surface area (Å²) in [4.78, 5) is 12.6. The van der Waals surface area contributed by atoms with Crippen LogP contribution in [0.1, 0.15) is 32.6 Å². The second kappa shape index (κ2) is 12.0. The van der Waals surface area contributed by atoms with Gasteiger partial charge in [0.25, 0.3) is 5.91 Å². The van der Waals surface area contributed by atoms with E-state index in [0.29, 0.717) is 38.2 Å². The molecule has 37 heavy (non-hydrogen) atoms. The fraction of sp³-hybridized carbons (Fsp3) is 0.154. The number of hydrazone groups is 1. The summed E-state index contributed by atoms with van der Waals surface area (Å²) in [6.45, 7) is 0. The Labute approximate surface area is 221 Å². The van der Waals surface area contributed by atoms with E-state index in [-0.39, 0.29) is 11.3 Å². The van der Waals surface area contributed by atoms with E-state index in [9.17, 15) is 18.0 Å². The first-order valence-corrected chi connectivity index (χ1v) is 11.3. The molecule has 0 unspecified atom stereocenters. The molecule has 0 aliphatic carbocycles. The third kappa shape index (κ3) is 6.75. The summed E-state index contributed by atoms with van der Waals surface area (Å²) in [7, 11) is 4.12. The normalized spacial score (nSPS) is 11.7. The number of methoxy groups -OCH3 is 3. The van der Waals surface area contributed by atoms with Gasteiger partial charge in [-0.1, -0.05) is 41.4 Å². The largest absolute Gasteiger partial charge is 0.497 e.